The first-order chi connectivity index (χ1) is 10.2. The van der Waals surface area contributed by atoms with Crippen molar-refractivity contribution < 1.29 is 13.2 Å². The van der Waals surface area contributed by atoms with Gasteiger partial charge in [-0.3, -0.25) is 0 Å². The fourth-order valence-corrected chi connectivity index (χ4v) is 4.35. The minimum Gasteiger partial charge on any atom is -0.373 e. The van der Waals surface area contributed by atoms with E-state index >= 15 is 0 Å². The smallest absolute Gasteiger partial charge is 0.282 e. The molecule has 0 aromatic heterocycles. The van der Waals surface area contributed by atoms with E-state index < -0.39 is 10.2 Å². The molecule has 1 aliphatic heterocycles. The van der Waals surface area contributed by atoms with Crippen LogP contribution in [0.5, 0.6) is 0 Å². The van der Waals surface area contributed by atoms with Crippen molar-refractivity contribution in [1.82, 2.24) is 8.61 Å². The predicted molar refractivity (Wildman–Crippen MR) is 87.9 cm³/mol. The maximum atomic E-state index is 12.8. The molecule has 22 heavy (non-hydrogen) atoms. The van der Waals surface area contributed by atoms with E-state index in [-0.39, 0.29) is 12.2 Å². The Labute approximate surface area is 134 Å². The van der Waals surface area contributed by atoms with Gasteiger partial charge in [0, 0.05) is 26.7 Å². The van der Waals surface area contributed by atoms with Crippen molar-refractivity contribution >= 4 is 10.2 Å². The summed E-state index contributed by atoms with van der Waals surface area (Å²) in [4.78, 5) is 0. The number of benzene rings is 1. The van der Waals surface area contributed by atoms with Crippen molar-refractivity contribution in [3.05, 3.63) is 34.9 Å². The monoisotopic (exact) mass is 326 g/mol. The van der Waals surface area contributed by atoms with Crippen LogP contribution in [0.1, 0.15) is 30.5 Å². The van der Waals surface area contributed by atoms with Gasteiger partial charge in [-0.15, -0.1) is 0 Å². The Morgan fingerprint density at radius 3 is 2.36 bits per heavy atom. The van der Waals surface area contributed by atoms with Crippen LogP contribution in [0, 0.1) is 13.8 Å². The molecule has 0 radical (unpaired) electrons. The number of hydrogen-bond donors (Lipinski definition) is 0. The first-order valence-electron chi connectivity index (χ1n) is 7.63. The molecular formula is C16H26N2O3S. The van der Waals surface area contributed by atoms with Crippen molar-refractivity contribution in [2.24, 2.45) is 0 Å². The Bertz CT molecular complexity index is 620. The van der Waals surface area contributed by atoms with Crippen LogP contribution in [0.2, 0.25) is 0 Å². The lowest BCUT2D eigenvalue weighted by Gasteiger charge is -2.36. The van der Waals surface area contributed by atoms with E-state index in [4.69, 9.17) is 4.74 Å². The maximum Gasteiger partial charge on any atom is 0.282 e. The Hall–Kier alpha value is -0.950. The Morgan fingerprint density at radius 2 is 1.82 bits per heavy atom. The summed E-state index contributed by atoms with van der Waals surface area (Å²) in [6.45, 7) is 9.06. The molecule has 5 nitrogen and oxygen atoms in total. The molecule has 124 valence electrons. The van der Waals surface area contributed by atoms with Crippen LogP contribution >= 0.6 is 0 Å². The molecule has 1 saturated heterocycles. The van der Waals surface area contributed by atoms with Gasteiger partial charge in [0.1, 0.15) is 0 Å². The molecule has 0 spiro atoms. The Kier molecular flexibility index (Phi) is 5.27. The van der Waals surface area contributed by atoms with Crippen LogP contribution < -0.4 is 0 Å². The van der Waals surface area contributed by atoms with Gasteiger partial charge in [0.25, 0.3) is 10.2 Å². The topological polar surface area (TPSA) is 49.9 Å². The van der Waals surface area contributed by atoms with Crippen molar-refractivity contribution in [2.45, 2.75) is 46.4 Å². The number of morpholine rings is 1. The van der Waals surface area contributed by atoms with Crippen LogP contribution in [0.15, 0.2) is 18.2 Å². The Balaban J connectivity index is 2.14. The molecule has 1 heterocycles. The molecule has 0 bridgehead atoms. The molecule has 0 N–H and O–H groups in total. The quantitative estimate of drug-likeness (QED) is 0.851. The van der Waals surface area contributed by atoms with E-state index in [2.05, 4.69) is 6.07 Å². The lowest BCUT2D eigenvalue weighted by atomic mass is 10.1. The molecule has 1 fully saturated rings. The third-order valence-corrected chi connectivity index (χ3v) is 5.86. The molecule has 6 heteroatoms. The lowest BCUT2D eigenvalue weighted by Crippen LogP contribution is -2.52. The van der Waals surface area contributed by atoms with Gasteiger partial charge in [-0.2, -0.15) is 17.0 Å². The molecule has 0 unspecified atom stereocenters. The fourth-order valence-electron chi connectivity index (χ4n) is 2.86. The summed E-state index contributed by atoms with van der Waals surface area (Å²) in [5.74, 6) is 0. The highest BCUT2D eigenvalue weighted by Gasteiger charge is 2.33. The first-order valence-corrected chi connectivity index (χ1v) is 9.03. The third kappa shape index (κ3) is 3.87. The van der Waals surface area contributed by atoms with Crippen molar-refractivity contribution in [1.29, 1.82) is 0 Å². The second-order valence-electron chi connectivity index (χ2n) is 6.27. The van der Waals surface area contributed by atoms with E-state index in [1.807, 2.05) is 39.8 Å². The zero-order chi connectivity index (χ0) is 16.5. The second kappa shape index (κ2) is 6.66. The highest BCUT2D eigenvalue weighted by molar-refractivity contribution is 7.86. The van der Waals surface area contributed by atoms with Crippen LogP contribution in [-0.4, -0.2) is 49.4 Å². The van der Waals surface area contributed by atoms with Gasteiger partial charge >= 0.3 is 0 Å². The minimum atomic E-state index is -3.47. The van der Waals surface area contributed by atoms with Gasteiger partial charge in [0.05, 0.1) is 12.2 Å². The van der Waals surface area contributed by atoms with Crippen molar-refractivity contribution in [3.63, 3.8) is 0 Å². The number of nitrogens with zero attached hydrogens (tertiary/aromatic N) is 2. The van der Waals surface area contributed by atoms with Gasteiger partial charge in [0.15, 0.2) is 0 Å². The summed E-state index contributed by atoms with van der Waals surface area (Å²) in [7, 11) is -1.83. The molecule has 1 aromatic rings. The molecule has 0 saturated carbocycles. The van der Waals surface area contributed by atoms with Crippen LogP contribution in [0.25, 0.3) is 0 Å². The summed E-state index contributed by atoms with van der Waals surface area (Å²) in [6, 6.07) is 6.09. The van der Waals surface area contributed by atoms with Crippen LogP contribution in [-0.2, 0) is 21.5 Å². The third-order valence-electron chi connectivity index (χ3n) is 4.00. The lowest BCUT2D eigenvalue weighted by molar-refractivity contribution is -0.0453. The zero-order valence-corrected chi connectivity index (χ0v) is 14.9. The first kappa shape index (κ1) is 17.4. The molecule has 0 aliphatic carbocycles. The molecule has 1 aromatic carbocycles. The number of rotatable bonds is 4. The molecule has 0 amide bonds. The van der Waals surface area contributed by atoms with E-state index in [9.17, 15) is 8.42 Å². The summed E-state index contributed by atoms with van der Waals surface area (Å²) in [5, 5.41) is 0. The fraction of sp³-hybridized carbons (Fsp3) is 0.625. The average molecular weight is 326 g/mol. The number of ether oxygens (including phenoxy) is 1. The average Bonchev–Trinajstić information content (AvgIpc) is 2.40. The largest absolute Gasteiger partial charge is 0.373 e. The van der Waals surface area contributed by atoms with Gasteiger partial charge in [-0.1, -0.05) is 23.8 Å². The minimum absolute atomic E-state index is 0.0759. The predicted octanol–water partition coefficient (Wildman–Crippen LogP) is 2.09. The maximum absolute atomic E-state index is 12.8. The number of aryl methyl sites for hydroxylation is 2. The van der Waals surface area contributed by atoms with E-state index in [0.29, 0.717) is 19.6 Å². The Morgan fingerprint density at radius 1 is 1.23 bits per heavy atom. The second-order valence-corrected chi connectivity index (χ2v) is 8.30. The standard InChI is InChI=1S/C16H26N2O3S/c1-12-6-7-16(13(2)8-12)11-17(5)22(19,20)18-9-14(3)21-15(4)10-18/h6-8,14-15H,9-11H2,1-5H3/t14-,15-/m0/s1. The van der Waals surface area contributed by atoms with E-state index in [1.165, 1.54) is 14.2 Å². The van der Waals surface area contributed by atoms with E-state index in [0.717, 1.165) is 11.1 Å². The van der Waals surface area contributed by atoms with Crippen molar-refractivity contribution in [2.75, 3.05) is 20.1 Å². The van der Waals surface area contributed by atoms with Crippen molar-refractivity contribution in [3.8, 4) is 0 Å². The summed E-state index contributed by atoms with van der Waals surface area (Å²) in [5.41, 5.74) is 3.33. The molecule has 2 rings (SSSR count). The SMILES string of the molecule is Cc1ccc(CN(C)S(=O)(=O)N2C[C@H](C)O[C@@H](C)C2)c(C)c1. The normalized spacial score (nSPS) is 23.9. The summed E-state index contributed by atoms with van der Waals surface area (Å²) < 4.78 is 34.1. The molecule has 2 atom stereocenters. The van der Waals surface area contributed by atoms with Gasteiger partial charge in [-0.25, -0.2) is 0 Å². The van der Waals surface area contributed by atoms with Crippen LogP contribution in [0.4, 0.5) is 0 Å². The van der Waals surface area contributed by atoms with Gasteiger partial charge in [-0.05, 0) is 38.8 Å². The molecule has 1 aliphatic rings. The number of hydrogen-bond acceptors (Lipinski definition) is 3. The van der Waals surface area contributed by atoms with Gasteiger partial charge < -0.3 is 4.74 Å². The summed E-state index contributed by atoms with van der Waals surface area (Å²) >= 11 is 0. The van der Waals surface area contributed by atoms with Gasteiger partial charge in [0.2, 0.25) is 0 Å². The molecular weight excluding hydrogens is 300 g/mol. The van der Waals surface area contributed by atoms with E-state index in [1.54, 1.807) is 7.05 Å². The highest BCUT2D eigenvalue weighted by Crippen LogP contribution is 2.19. The van der Waals surface area contributed by atoms with Crippen LogP contribution in [0.3, 0.4) is 0 Å². The highest BCUT2D eigenvalue weighted by atomic mass is 32.2. The summed E-state index contributed by atoms with van der Waals surface area (Å²) in [6.07, 6.45) is -0.152. The zero-order valence-electron chi connectivity index (χ0n) is 14.0.